The zero-order valence-electron chi connectivity index (χ0n) is 23.4. The molecule has 0 bridgehead atoms. The van der Waals surface area contributed by atoms with Gasteiger partial charge >= 0.3 is 0 Å². The van der Waals surface area contributed by atoms with Crippen LogP contribution in [0.5, 0.6) is 0 Å². The average Bonchev–Trinajstić information content (AvgIpc) is 3.44. The summed E-state index contributed by atoms with van der Waals surface area (Å²) >= 11 is 0. The minimum absolute atomic E-state index is 0.406. The number of aryl methyl sites for hydroxylation is 1. The first kappa shape index (κ1) is 25.6. The zero-order chi connectivity index (χ0) is 28.2. The minimum Gasteiger partial charge on any atom is -0.387 e. The van der Waals surface area contributed by atoms with Gasteiger partial charge in [0.2, 0.25) is 0 Å². The smallest absolute Gasteiger partial charge is 0.181 e. The van der Waals surface area contributed by atoms with E-state index >= 15 is 0 Å². The Labute approximate surface area is 237 Å². The van der Waals surface area contributed by atoms with Gasteiger partial charge in [0, 0.05) is 54.8 Å². The van der Waals surface area contributed by atoms with E-state index in [0.29, 0.717) is 35.9 Å². The molecule has 0 spiro atoms. The standard InChI is InChI=1S/C32H33N7O2/c1-4-24(40)27-22(16-20-17-38(2)37-30(20)35-27)32-36-28(29(39(32)3)19-13-14-19)21-11-8-12-23-26(21)34-31(33-23)25(41)15-18-9-6-5-7-10-18/h5-12,16-17,19,24-25,40-41H,4,13-15H2,1-3H3,(H,33,34)/t24-,25+/m1/s1. The Morgan fingerprint density at radius 1 is 0.951 bits per heavy atom. The first-order valence-electron chi connectivity index (χ1n) is 14.2. The number of nitrogens with one attached hydrogen (secondary N) is 1. The lowest BCUT2D eigenvalue weighted by Gasteiger charge is -2.13. The van der Waals surface area contributed by atoms with Crippen LogP contribution in [-0.2, 0) is 20.5 Å². The fourth-order valence-corrected chi connectivity index (χ4v) is 5.82. The topological polar surface area (TPSA) is 118 Å². The van der Waals surface area contributed by atoms with Crippen molar-refractivity contribution in [2.24, 2.45) is 14.1 Å². The van der Waals surface area contributed by atoms with Crippen LogP contribution in [0.4, 0.5) is 0 Å². The van der Waals surface area contributed by atoms with E-state index in [9.17, 15) is 10.2 Å². The first-order chi connectivity index (χ1) is 19.9. The van der Waals surface area contributed by atoms with Crippen molar-refractivity contribution >= 4 is 22.1 Å². The fraction of sp³-hybridized carbons (Fsp3) is 0.312. The van der Waals surface area contributed by atoms with Crippen LogP contribution in [0.2, 0.25) is 0 Å². The predicted molar refractivity (Wildman–Crippen MR) is 158 cm³/mol. The van der Waals surface area contributed by atoms with Crippen molar-refractivity contribution in [3.63, 3.8) is 0 Å². The summed E-state index contributed by atoms with van der Waals surface area (Å²) in [6.45, 7) is 1.94. The molecule has 1 fully saturated rings. The number of hydrogen-bond acceptors (Lipinski definition) is 6. The van der Waals surface area contributed by atoms with Crippen LogP contribution in [-0.4, -0.2) is 44.5 Å². The van der Waals surface area contributed by atoms with Gasteiger partial charge in [-0.3, -0.25) is 4.68 Å². The summed E-state index contributed by atoms with van der Waals surface area (Å²) in [4.78, 5) is 18.3. The normalized spacial score (nSPS) is 15.1. The molecule has 0 radical (unpaired) electrons. The number of fused-ring (bicyclic) bond motifs is 2. The van der Waals surface area contributed by atoms with Crippen molar-refractivity contribution in [2.75, 3.05) is 0 Å². The molecule has 1 aliphatic carbocycles. The molecule has 9 heteroatoms. The number of rotatable bonds is 8. The van der Waals surface area contributed by atoms with Gasteiger partial charge in [0.15, 0.2) is 5.65 Å². The van der Waals surface area contributed by atoms with Crippen LogP contribution >= 0.6 is 0 Å². The quantitative estimate of drug-likeness (QED) is 0.231. The van der Waals surface area contributed by atoms with Gasteiger partial charge in [0.1, 0.15) is 17.8 Å². The van der Waals surface area contributed by atoms with Crippen LogP contribution in [0.3, 0.4) is 0 Å². The van der Waals surface area contributed by atoms with E-state index < -0.39 is 12.2 Å². The Morgan fingerprint density at radius 3 is 2.51 bits per heavy atom. The summed E-state index contributed by atoms with van der Waals surface area (Å²) in [5.41, 5.74) is 7.67. The number of H-pyrrole nitrogens is 1. The Bertz CT molecular complexity index is 1880. The van der Waals surface area contributed by atoms with Crippen LogP contribution in [0.1, 0.15) is 67.1 Å². The minimum atomic E-state index is -0.754. The van der Waals surface area contributed by atoms with Crippen molar-refractivity contribution < 1.29 is 10.2 Å². The highest BCUT2D eigenvalue weighted by Gasteiger charge is 2.34. The molecule has 41 heavy (non-hydrogen) atoms. The number of aromatic amines is 1. The monoisotopic (exact) mass is 547 g/mol. The van der Waals surface area contributed by atoms with Gasteiger partial charge in [0.05, 0.1) is 28.5 Å². The molecule has 9 nitrogen and oxygen atoms in total. The second-order valence-electron chi connectivity index (χ2n) is 11.1. The number of aliphatic hydroxyl groups excluding tert-OH is 2. The number of imidazole rings is 2. The third-order valence-electron chi connectivity index (χ3n) is 8.06. The number of aliphatic hydroxyl groups is 2. The largest absolute Gasteiger partial charge is 0.387 e. The van der Waals surface area contributed by atoms with Crippen molar-refractivity contribution in [2.45, 2.75) is 50.7 Å². The second kappa shape index (κ2) is 9.94. The van der Waals surface area contributed by atoms with Crippen LogP contribution < -0.4 is 0 Å². The van der Waals surface area contributed by atoms with E-state index in [1.165, 1.54) is 0 Å². The lowest BCUT2D eigenvalue weighted by molar-refractivity contribution is 0.169. The SMILES string of the molecule is CC[C@@H](O)c1nc2nn(C)cc2cc1-c1nc(-c2cccc3[nH]c([C@@H](O)Cc4ccccc4)nc23)c(C2CC2)n1C. The van der Waals surface area contributed by atoms with Gasteiger partial charge in [-0.1, -0.05) is 49.4 Å². The second-order valence-corrected chi connectivity index (χ2v) is 11.1. The van der Waals surface area contributed by atoms with Crippen molar-refractivity contribution in [1.29, 1.82) is 0 Å². The Kier molecular flexibility index (Phi) is 6.21. The van der Waals surface area contributed by atoms with Crippen molar-refractivity contribution in [3.8, 4) is 22.6 Å². The summed E-state index contributed by atoms with van der Waals surface area (Å²) < 4.78 is 3.90. The molecule has 4 aromatic heterocycles. The molecule has 4 heterocycles. The lowest BCUT2D eigenvalue weighted by atomic mass is 10.1. The van der Waals surface area contributed by atoms with Gasteiger partial charge in [-0.05, 0) is 37.0 Å². The summed E-state index contributed by atoms with van der Waals surface area (Å²) in [5, 5.41) is 27.4. The van der Waals surface area contributed by atoms with Crippen LogP contribution in [0, 0.1) is 0 Å². The van der Waals surface area contributed by atoms with Gasteiger partial charge in [-0.15, -0.1) is 0 Å². The molecule has 7 rings (SSSR count). The van der Waals surface area contributed by atoms with Gasteiger partial charge in [0.25, 0.3) is 0 Å². The zero-order valence-corrected chi connectivity index (χ0v) is 23.4. The number of aromatic nitrogens is 7. The highest BCUT2D eigenvalue weighted by atomic mass is 16.3. The Balaban J connectivity index is 1.37. The number of nitrogens with zero attached hydrogens (tertiary/aromatic N) is 6. The molecule has 2 aromatic carbocycles. The number of para-hydroxylation sites is 1. The van der Waals surface area contributed by atoms with E-state index in [-0.39, 0.29) is 0 Å². The Hall–Kier alpha value is -4.34. The molecule has 6 aromatic rings. The van der Waals surface area contributed by atoms with E-state index in [1.54, 1.807) is 4.68 Å². The highest BCUT2D eigenvalue weighted by molar-refractivity contribution is 5.93. The number of pyridine rings is 1. The molecular formula is C32H33N7O2. The molecule has 208 valence electrons. The van der Waals surface area contributed by atoms with Gasteiger partial charge in [-0.2, -0.15) is 5.10 Å². The molecule has 1 saturated carbocycles. The summed E-state index contributed by atoms with van der Waals surface area (Å²) in [5.74, 6) is 1.71. The summed E-state index contributed by atoms with van der Waals surface area (Å²) in [6, 6.07) is 18.0. The molecule has 0 saturated heterocycles. The van der Waals surface area contributed by atoms with Gasteiger partial charge in [-0.25, -0.2) is 15.0 Å². The molecule has 0 aliphatic heterocycles. The van der Waals surface area contributed by atoms with Crippen LogP contribution in [0.15, 0.2) is 60.8 Å². The third kappa shape index (κ3) is 4.51. The van der Waals surface area contributed by atoms with Gasteiger partial charge < -0.3 is 19.8 Å². The van der Waals surface area contributed by atoms with E-state index in [0.717, 1.165) is 63.2 Å². The maximum atomic E-state index is 11.0. The summed E-state index contributed by atoms with van der Waals surface area (Å²) in [6.07, 6.45) is 3.67. The number of hydrogen-bond donors (Lipinski definition) is 3. The average molecular weight is 548 g/mol. The van der Waals surface area contributed by atoms with E-state index in [2.05, 4.69) is 27.8 Å². The molecule has 0 unspecified atom stereocenters. The Morgan fingerprint density at radius 2 is 1.76 bits per heavy atom. The maximum absolute atomic E-state index is 11.0. The molecule has 1 aliphatic rings. The fourth-order valence-electron chi connectivity index (χ4n) is 5.82. The van der Waals surface area contributed by atoms with Crippen molar-refractivity contribution in [3.05, 3.63) is 83.6 Å². The highest BCUT2D eigenvalue weighted by Crippen LogP contribution is 2.47. The first-order valence-corrected chi connectivity index (χ1v) is 14.2. The van der Waals surface area contributed by atoms with E-state index in [4.69, 9.17) is 15.0 Å². The number of benzene rings is 2. The summed E-state index contributed by atoms with van der Waals surface area (Å²) in [7, 11) is 3.92. The van der Waals surface area contributed by atoms with Crippen LogP contribution in [0.25, 0.3) is 44.7 Å². The lowest BCUT2D eigenvalue weighted by Crippen LogP contribution is -2.06. The third-order valence-corrected chi connectivity index (χ3v) is 8.06. The van der Waals surface area contributed by atoms with E-state index in [1.807, 2.05) is 68.7 Å². The predicted octanol–water partition coefficient (Wildman–Crippen LogP) is 5.51. The molecule has 3 N–H and O–H groups in total. The maximum Gasteiger partial charge on any atom is 0.181 e. The molecule has 2 atom stereocenters. The molecular weight excluding hydrogens is 514 g/mol. The molecule has 0 amide bonds. The van der Waals surface area contributed by atoms with Crippen molar-refractivity contribution in [1.82, 2.24) is 34.3 Å².